The number of hydrogen-bond acceptors (Lipinski definition) is 8. The predicted octanol–water partition coefficient (Wildman–Crippen LogP) is 0.430. The average molecular weight is 351 g/mol. The highest BCUT2D eigenvalue weighted by Crippen LogP contribution is 2.32. The fourth-order valence-electron chi connectivity index (χ4n) is 3.04. The van der Waals surface area contributed by atoms with Crippen LogP contribution in [0, 0.1) is 0 Å². The maximum atomic E-state index is 10.2. The summed E-state index contributed by atoms with van der Waals surface area (Å²) in [5.74, 6) is 0.631. The van der Waals surface area contributed by atoms with Crippen molar-refractivity contribution < 1.29 is 20.1 Å². The van der Waals surface area contributed by atoms with Gasteiger partial charge in [0.2, 0.25) is 0 Å². The highest BCUT2D eigenvalue weighted by molar-refractivity contribution is 5.82. The van der Waals surface area contributed by atoms with Crippen LogP contribution < -0.4 is 5.32 Å². The molecule has 1 aliphatic heterocycles. The molecule has 2 aromatic heterocycles. The number of unbranched alkanes of at least 4 members (excludes halogenated alkanes) is 3. The maximum absolute atomic E-state index is 10.2. The predicted molar refractivity (Wildman–Crippen MR) is 91.0 cm³/mol. The van der Waals surface area contributed by atoms with Crippen LogP contribution in [0.4, 0.5) is 5.82 Å². The van der Waals surface area contributed by atoms with Crippen molar-refractivity contribution >= 4 is 17.0 Å². The zero-order valence-electron chi connectivity index (χ0n) is 14.2. The number of rotatable bonds is 8. The number of fused-ring (bicyclic) bond motifs is 1. The largest absolute Gasteiger partial charge is 0.394 e. The number of nitrogens with zero attached hydrogens (tertiary/aromatic N) is 4. The van der Waals surface area contributed by atoms with Gasteiger partial charge < -0.3 is 25.4 Å². The summed E-state index contributed by atoms with van der Waals surface area (Å²) in [5.41, 5.74) is 1.08. The van der Waals surface area contributed by atoms with Gasteiger partial charge in [-0.15, -0.1) is 0 Å². The smallest absolute Gasteiger partial charge is 0.167 e. The van der Waals surface area contributed by atoms with Crippen LogP contribution in [0.25, 0.3) is 11.2 Å². The van der Waals surface area contributed by atoms with Crippen LogP contribution in [0.15, 0.2) is 12.7 Å². The number of imidazole rings is 1. The lowest BCUT2D eigenvalue weighted by Gasteiger charge is -2.16. The zero-order chi connectivity index (χ0) is 17.8. The van der Waals surface area contributed by atoms with E-state index >= 15 is 0 Å². The second kappa shape index (κ2) is 8.05. The summed E-state index contributed by atoms with van der Waals surface area (Å²) in [6.45, 7) is 2.60. The number of aliphatic hydroxyl groups is 3. The van der Waals surface area contributed by atoms with Crippen molar-refractivity contribution in [3.8, 4) is 0 Å². The number of ether oxygens (including phenoxy) is 1. The molecule has 0 aromatic carbocycles. The average Bonchev–Trinajstić information content (AvgIpc) is 3.17. The monoisotopic (exact) mass is 351 g/mol. The Hall–Kier alpha value is -1.81. The van der Waals surface area contributed by atoms with Crippen molar-refractivity contribution in [3.63, 3.8) is 0 Å². The Morgan fingerprint density at radius 2 is 2.00 bits per heavy atom. The minimum absolute atomic E-state index is 0.374. The molecule has 0 aliphatic carbocycles. The highest BCUT2D eigenvalue weighted by Gasteiger charge is 2.44. The van der Waals surface area contributed by atoms with Gasteiger partial charge in [-0.2, -0.15) is 0 Å². The van der Waals surface area contributed by atoms with Crippen LogP contribution in [-0.4, -0.2) is 66.3 Å². The van der Waals surface area contributed by atoms with Gasteiger partial charge in [-0.05, 0) is 6.42 Å². The molecule has 0 spiro atoms. The van der Waals surface area contributed by atoms with E-state index in [2.05, 4.69) is 27.2 Å². The fourth-order valence-corrected chi connectivity index (χ4v) is 3.04. The molecule has 0 unspecified atom stereocenters. The number of aromatic nitrogens is 4. The third-order valence-corrected chi connectivity index (χ3v) is 4.47. The van der Waals surface area contributed by atoms with Crippen molar-refractivity contribution in [2.45, 2.75) is 57.1 Å². The van der Waals surface area contributed by atoms with Crippen LogP contribution in [-0.2, 0) is 4.74 Å². The highest BCUT2D eigenvalue weighted by atomic mass is 16.6. The normalized spacial score (nSPS) is 26.4. The van der Waals surface area contributed by atoms with E-state index in [1.807, 2.05) is 0 Å². The molecule has 138 valence electrons. The van der Waals surface area contributed by atoms with Gasteiger partial charge in [0.05, 0.1) is 12.9 Å². The molecular formula is C16H25N5O4. The van der Waals surface area contributed by atoms with Crippen LogP contribution in [0.3, 0.4) is 0 Å². The molecule has 1 saturated heterocycles. The summed E-state index contributed by atoms with van der Waals surface area (Å²) in [7, 11) is 0. The van der Waals surface area contributed by atoms with E-state index < -0.39 is 24.5 Å². The van der Waals surface area contributed by atoms with Crippen LogP contribution in [0.5, 0.6) is 0 Å². The van der Waals surface area contributed by atoms with Gasteiger partial charge in [-0.1, -0.05) is 26.2 Å². The molecule has 2 aromatic rings. The Kier molecular flexibility index (Phi) is 5.79. The first-order valence-electron chi connectivity index (χ1n) is 8.71. The Balaban J connectivity index is 1.77. The zero-order valence-corrected chi connectivity index (χ0v) is 14.2. The van der Waals surface area contributed by atoms with Gasteiger partial charge in [0.25, 0.3) is 0 Å². The van der Waals surface area contributed by atoms with Gasteiger partial charge in [0.1, 0.15) is 24.6 Å². The molecule has 0 amide bonds. The molecule has 9 heteroatoms. The Bertz CT molecular complexity index is 694. The third kappa shape index (κ3) is 3.59. The minimum Gasteiger partial charge on any atom is -0.394 e. The summed E-state index contributed by atoms with van der Waals surface area (Å²) in [5, 5.41) is 32.6. The fraction of sp³-hybridized carbons (Fsp3) is 0.688. The van der Waals surface area contributed by atoms with Crippen molar-refractivity contribution in [1.29, 1.82) is 0 Å². The van der Waals surface area contributed by atoms with E-state index in [4.69, 9.17) is 4.74 Å². The van der Waals surface area contributed by atoms with Gasteiger partial charge in [0, 0.05) is 6.54 Å². The van der Waals surface area contributed by atoms with Gasteiger partial charge >= 0.3 is 0 Å². The molecule has 3 heterocycles. The summed E-state index contributed by atoms with van der Waals surface area (Å²) in [4.78, 5) is 12.8. The second-order valence-corrected chi connectivity index (χ2v) is 6.26. The number of hydrogen-bond donors (Lipinski definition) is 4. The van der Waals surface area contributed by atoms with E-state index in [-0.39, 0.29) is 6.61 Å². The number of nitrogens with one attached hydrogen (secondary N) is 1. The molecule has 0 saturated carbocycles. The lowest BCUT2D eigenvalue weighted by molar-refractivity contribution is -0.0511. The van der Waals surface area contributed by atoms with E-state index in [1.54, 1.807) is 4.57 Å². The van der Waals surface area contributed by atoms with E-state index in [0.717, 1.165) is 19.4 Å². The second-order valence-electron chi connectivity index (χ2n) is 6.26. The van der Waals surface area contributed by atoms with Gasteiger partial charge in [-0.25, -0.2) is 15.0 Å². The maximum Gasteiger partial charge on any atom is 0.167 e. The Morgan fingerprint density at radius 1 is 1.16 bits per heavy atom. The van der Waals surface area contributed by atoms with Crippen molar-refractivity contribution in [1.82, 2.24) is 19.5 Å². The van der Waals surface area contributed by atoms with Gasteiger partial charge in [-0.3, -0.25) is 4.57 Å². The topological polar surface area (TPSA) is 126 Å². The summed E-state index contributed by atoms with van der Waals surface area (Å²) < 4.78 is 7.10. The lowest BCUT2D eigenvalue weighted by Crippen LogP contribution is -2.33. The third-order valence-electron chi connectivity index (χ3n) is 4.47. The van der Waals surface area contributed by atoms with Crippen molar-refractivity contribution in [2.24, 2.45) is 0 Å². The Morgan fingerprint density at radius 3 is 2.72 bits per heavy atom. The molecule has 25 heavy (non-hydrogen) atoms. The molecule has 3 rings (SSSR count). The molecular weight excluding hydrogens is 326 g/mol. The van der Waals surface area contributed by atoms with Crippen LogP contribution >= 0.6 is 0 Å². The van der Waals surface area contributed by atoms with Gasteiger partial charge in [0.15, 0.2) is 23.2 Å². The SMILES string of the molecule is CCCCCCNc1ncnc2c1ncn2[C@@H]1O[C@H](CO)[C@@H](O)[C@@H]1O. The van der Waals surface area contributed by atoms with Crippen LogP contribution in [0.1, 0.15) is 38.8 Å². The molecule has 4 N–H and O–H groups in total. The molecule has 4 atom stereocenters. The quantitative estimate of drug-likeness (QED) is 0.505. The first-order valence-corrected chi connectivity index (χ1v) is 8.71. The summed E-state index contributed by atoms with van der Waals surface area (Å²) in [6, 6.07) is 0. The molecule has 0 bridgehead atoms. The first-order chi connectivity index (χ1) is 12.2. The van der Waals surface area contributed by atoms with Crippen molar-refractivity contribution in [3.05, 3.63) is 12.7 Å². The minimum atomic E-state index is -1.17. The molecule has 1 fully saturated rings. The standard InChI is InChI=1S/C16H25N5O4/c1-2-3-4-5-6-17-14-11-15(19-8-18-14)21(9-20-11)16-13(24)12(23)10(7-22)25-16/h8-10,12-13,16,22-24H,2-7H2,1H3,(H,17,18,19)/t10-,12-,13+,16-/m1/s1. The molecule has 0 radical (unpaired) electrons. The Labute approximate surface area is 145 Å². The van der Waals surface area contributed by atoms with E-state index in [0.29, 0.717) is 17.0 Å². The number of aliphatic hydroxyl groups excluding tert-OH is 3. The van der Waals surface area contributed by atoms with E-state index in [9.17, 15) is 15.3 Å². The lowest BCUT2D eigenvalue weighted by atomic mass is 10.1. The first kappa shape index (κ1) is 18.0. The van der Waals surface area contributed by atoms with Crippen LogP contribution in [0.2, 0.25) is 0 Å². The van der Waals surface area contributed by atoms with E-state index in [1.165, 1.54) is 25.5 Å². The summed E-state index contributed by atoms with van der Waals surface area (Å²) in [6.07, 6.45) is 3.51. The van der Waals surface area contributed by atoms with Crippen molar-refractivity contribution in [2.75, 3.05) is 18.5 Å². The summed E-state index contributed by atoms with van der Waals surface area (Å²) >= 11 is 0. The molecule has 9 nitrogen and oxygen atoms in total. The number of anilines is 1. The molecule has 1 aliphatic rings.